The van der Waals surface area contributed by atoms with Gasteiger partial charge in [0.2, 0.25) is 5.91 Å². The highest BCUT2D eigenvalue weighted by Crippen LogP contribution is 2.19. The number of rotatable bonds is 2. The molecule has 3 nitrogen and oxygen atoms in total. The SMILES string of the molecule is CN(C(=O)[C@H]1Cc2ccccc2CN1)c1ccccc1. The summed E-state index contributed by atoms with van der Waals surface area (Å²) in [4.78, 5) is 14.3. The van der Waals surface area contributed by atoms with Crippen molar-refractivity contribution in [3.63, 3.8) is 0 Å². The van der Waals surface area contributed by atoms with Crippen LogP contribution in [0.3, 0.4) is 0 Å². The second-order valence-electron chi connectivity index (χ2n) is 5.14. The summed E-state index contributed by atoms with van der Waals surface area (Å²) in [6.45, 7) is 0.759. The molecule has 0 fully saturated rings. The summed E-state index contributed by atoms with van der Waals surface area (Å²) in [7, 11) is 1.83. The van der Waals surface area contributed by atoms with E-state index in [-0.39, 0.29) is 11.9 Å². The number of hydrogen-bond donors (Lipinski definition) is 1. The summed E-state index contributed by atoms with van der Waals surface area (Å²) in [5.41, 5.74) is 3.49. The van der Waals surface area contributed by atoms with Gasteiger partial charge in [0.15, 0.2) is 0 Å². The molecule has 0 radical (unpaired) electrons. The highest BCUT2D eigenvalue weighted by atomic mass is 16.2. The number of likely N-dealkylation sites (N-methyl/N-ethyl adjacent to an activating group) is 1. The van der Waals surface area contributed by atoms with Crippen molar-refractivity contribution >= 4 is 11.6 Å². The fourth-order valence-electron chi connectivity index (χ4n) is 2.64. The Balaban J connectivity index is 1.76. The number of benzene rings is 2. The van der Waals surface area contributed by atoms with E-state index in [9.17, 15) is 4.79 Å². The molecule has 102 valence electrons. The van der Waals surface area contributed by atoms with Gasteiger partial charge in [0.05, 0.1) is 6.04 Å². The topological polar surface area (TPSA) is 32.3 Å². The van der Waals surface area contributed by atoms with Gasteiger partial charge >= 0.3 is 0 Å². The van der Waals surface area contributed by atoms with E-state index in [1.165, 1.54) is 11.1 Å². The van der Waals surface area contributed by atoms with Crippen LogP contribution in [0.5, 0.6) is 0 Å². The van der Waals surface area contributed by atoms with Crippen molar-refractivity contribution in [2.24, 2.45) is 0 Å². The third-order valence-electron chi connectivity index (χ3n) is 3.85. The minimum Gasteiger partial charge on any atom is -0.314 e. The van der Waals surface area contributed by atoms with Crippen LogP contribution in [0.4, 0.5) is 5.69 Å². The molecule has 0 unspecified atom stereocenters. The number of anilines is 1. The molecule has 0 saturated heterocycles. The zero-order valence-electron chi connectivity index (χ0n) is 11.5. The number of carbonyl (C=O) groups excluding carboxylic acids is 1. The average molecular weight is 266 g/mol. The normalized spacial score (nSPS) is 17.4. The summed E-state index contributed by atoms with van der Waals surface area (Å²) in [6.07, 6.45) is 0.756. The van der Waals surface area contributed by atoms with E-state index < -0.39 is 0 Å². The first-order chi connectivity index (χ1) is 9.75. The van der Waals surface area contributed by atoms with Gasteiger partial charge in [0.1, 0.15) is 0 Å². The number of carbonyl (C=O) groups is 1. The molecular weight excluding hydrogens is 248 g/mol. The molecule has 3 rings (SSSR count). The molecule has 1 heterocycles. The fourth-order valence-corrected chi connectivity index (χ4v) is 2.64. The summed E-state index contributed by atoms with van der Waals surface area (Å²) in [6, 6.07) is 17.9. The van der Waals surface area contributed by atoms with E-state index in [1.807, 2.05) is 49.5 Å². The van der Waals surface area contributed by atoms with Crippen molar-refractivity contribution in [1.29, 1.82) is 0 Å². The minimum absolute atomic E-state index is 0.116. The van der Waals surface area contributed by atoms with Crippen LogP contribution in [-0.4, -0.2) is 19.0 Å². The van der Waals surface area contributed by atoms with Gasteiger partial charge in [-0.2, -0.15) is 0 Å². The molecule has 2 aromatic carbocycles. The van der Waals surface area contributed by atoms with E-state index in [4.69, 9.17) is 0 Å². The third kappa shape index (κ3) is 2.45. The van der Waals surface area contributed by atoms with Gasteiger partial charge in [-0.15, -0.1) is 0 Å². The standard InChI is InChI=1S/C17H18N2O/c1-19(15-9-3-2-4-10-15)17(20)16-11-13-7-5-6-8-14(13)12-18-16/h2-10,16,18H,11-12H2,1H3/t16-/m1/s1. The number of hydrogen-bond acceptors (Lipinski definition) is 2. The molecule has 1 aliphatic rings. The predicted molar refractivity (Wildman–Crippen MR) is 80.6 cm³/mol. The summed E-state index contributed by atoms with van der Waals surface area (Å²) < 4.78 is 0. The largest absolute Gasteiger partial charge is 0.314 e. The average Bonchev–Trinajstić information content (AvgIpc) is 2.54. The lowest BCUT2D eigenvalue weighted by molar-refractivity contribution is -0.120. The van der Waals surface area contributed by atoms with Crippen molar-refractivity contribution in [2.45, 2.75) is 19.0 Å². The Bertz CT molecular complexity index is 609. The number of amides is 1. The summed E-state index contributed by atoms with van der Waals surface area (Å²) in [5, 5.41) is 3.33. The molecule has 20 heavy (non-hydrogen) atoms. The molecule has 3 heteroatoms. The fraction of sp³-hybridized carbons (Fsp3) is 0.235. The molecule has 1 amide bonds. The molecule has 0 bridgehead atoms. The molecule has 2 aromatic rings. The summed E-state index contributed by atoms with van der Waals surface area (Å²) >= 11 is 0. The number of fused-ring (bicyclic) bond motifs is 1. The van der Waals surface area contributed by atoms with E-state index in [2.05, 4.69) is 17.4 Å². The van der Waals surface area contributed by atoms with Gasteiger partial charge in [-0.3, -0.25) is 4.79 Å². The molecule has 0 aromatic heterocycles. The highest BCUT2D eigenvalue weighted by molar-refractivity contribution is 5.97. The Morgan fingerprint density at radius 3 is 2.45 bits per heavy atom. The Kier molecular flexibility index (Phi) is 3.52. The molecule has 0 aliphatic carbocycles. The first-order valence-electron chi connectivity index (χ1n) is 6.88. The predicted octanol–water partition coefficient (Wildman–Crippen LogP) is 2.36. The van der Waals surface area contributed by atoms with Crippen LogP contribution in [0.25, 0.3) is 0 Å². The van der Waals surface area contributed by atoms with Crippen LogP contribution in [0.1, 0.15) is 11.1 Å². The quantitative estimate of drug-likeness (QED) is 0.905. The third-order valence-corrected chi connectivity index (χ3v) is 3.85. The number of nitrogens with zero attached hydrogens (tertiary/aromatic N) is 1. The maximum absolute atomic E-state index is 12.6. The Morgan fingerprint density at radius 1 is 1.05 bits per heavy atom. The lowest BCUT2D eigenvalue weighted by Crippen LogP contribution is -2.48. The van der Waals surface area contributed by atoms with E-state index in [0.29, 0.717) is 0 Å². The molecule has 1 atom stereocenters. The second kappa shape index (κ2) is 5.47. The van der Waals surface area contributed by atoms with Crippen molar-refractivity contribution in [3.05, 3.63) is 65.7 Å². The number of nitrogens with one attached hydrogen (secondary N) is 1. The molecular formula is C17H18N2O. The first-order valence-corrected chi connectivity index (χ1v) is 6.88. The Morgan fingerprint density at radius 2 is 1.70 bits per heavy atom. The van der Waals surface area contributed by atoms with Gasteiger partial charge in [0.25, 0.3) is 0 Å². The van der Waals surface area contributed by atoms with Crippen molar-refractivity contribution in [1.82, 2.24) is 5.32 Å². The van der Waals surface area contributed by atoms with Crippen LogP contribution in [0.15, 0.2) is 54.6 Å². The van der Waals surface area contributed by atoms with Gasteiger partial charge in [-0.05, 0) is 29.7 Å². The zero-order valence-corrected chi connectivity index (χ0v) is 11.5. The highest BCUT2D eigenvalue weighted by Gasteiger charge is 2.26. The van der Waals surface area contributed by atoms with Gasteiger partial charge in [0, 0.05) is 19.3 Å². The zero-order chi connectivity index (χ0) is 13.9. The van der Waals surface area contributed by atoms with Crippen LogP contribution >= 0.6 is 0 Å². The van der Waals surface area contributed by atoms with Gasteiger partial charge in [-0.25, -0.2) is 0 Å². The molecule has 1 N–H and O–H groups in total. The maximum Gasteiger partial charge on any atom is 0.244 e. The van der Waals surface area contributed by atoms with Crippen LogP contribution in [0.2, 0.25) is 0 Å². The van der Waals surface area contributed by atoms with Crippen LogP contribution in [-0.2, 0) is 17.8 Å². The molecule has 0 saturated carbocycles. The lowest BCUT2D eigenvalue weighted by Gasteiger charge is -2.29. The molecule has 1 aliphatic heterocycles. The minimum atomic E-state index is -0.143. The van der Waals surface area contributed by atoms with E-state index >= 15 is 0 Å². The van der Waals surface area contributed by atoms with Crippen LogP contribution in [0, 0.1) is 0 Å². The maximum atomic E-state index is 12.6. The Hall–Kier alpha value is -2.13. The Labute approximate surface area is 119 Å². The van der Waals surface area contributed by atoms with Gasteiger partial charge in [-0.1, -0.05) is 42.5 Å². The van der Waals surface area contributed by atoms with E-state index in [0.717, 1.165) is 18.7 Å². The van der Waals surface area contributed by atoms with Gasteiger partial charge < -0.3 is 10.2 Å². The first kappa shape index (κ1) is 12.9. The van der Waals surface area contributed by atoms with Crippen molar-refractivity contribution in [2.75, 3.05) is 11.9 Å². The number of para-hydroxylation sites is 1. The smallest absolute Gasteiger partial charge is 0.244 e. The van der Waals surface area contributed by atoms with Crippen LogP contribution < -0.4 is 10.2 Å². The van der Waals surface area contributed by atoms with Crippen molar-refractivity contribution < 1.29 is 4.79 Å². The van der Waals surface area contributed by atoms with E-state index in [1.54, 1.807) is 4.90 Å². The molecule has 0 spiro atoms. The summed E-state index contributed by atoms with van der Waals surface area (Å²) in [5.74, 6) is 0.116. The van der Waals surface area contributed by atoms with Crippen molar-refractivity contribution in [3.8, 4) is 0 Å². The second-order valence-corrected chi connectivity index (χ2v) is 5.14. The monoisotopic (exact) mass is 266 g/mol. The lowest BCUT2D eigenvalue weighted by atomic mass is 9.95.